The Hall–Kier alpha value is -0.810. The molecule has 0 saturated heterocycles. The highest BCUT2D eigenvalue weighted by molar-refractivity contribution is 7.98. The molecule has 1 aromatic heterocycles. The van der Waals surface area contributed by atoms with Gasteiger partial charge in [0.25, 0.3) is 0 Å². The van der Waals surface area contributed by atoms with Crippen LogP contribution in [-0.4, -0.2) is 41.6 Å². The average molecular weight is 282 g/mol. The van der Waals surface area contributed by atoms with Crippen LogP contribution >= 0.6 is 11.8 Å². The molecular weight excluding hydrogens is 256 g/mol. The monoisotopic (exact) mass is 282 g/mol. The van der Waals surface area contributed by atoms with Crippen LogP contribution < -0.4 is 10.2 Å². The smallest absolute Gasteiger partial charge is 0.147 e. The Bertz CT molecular complexity index is 342. The predicted molar refractivity (Wildman–Crippen MR) is 84.9 cm³/mol. The van der Waals surface area contributed by atoms with Crippen molar-refractivity contribution < 1.29 is 0 Å². The SMILES string of the molecule is CCCNCc1cnc(N(C)C(C)CCSC)cn1. The molecular formula is C14H26N4S. The van der Waals surface area contributed by atoms with Gasteiger partial charge < -0.3 is 10.2 Å². The van der Waals surface area contributed by atoms with Crippen molar-refractivity contribution in [1.82, 2.24) is 15.3 Å². The molecule has 0 radical (unpaired) electrons. The number of nitrogens with one attached hydrogen (secondary N) is 1. The second-order valence-electron chi connectivity index (χ2n) is 4.78. The highest BCUT2D eigenvalue weighted by Gasteiger charge is 2.11. The summed E-state index contributed by atoms with van der Waals surface area (Å²) in [5.74, 6) is 2.13. The summed E-state index contributed by atoms with van der Waals surface area (Å²) in [6.45, 7) is 6.21. The van der Waals surface area contributed by atoms with E-state index in [0.717, 1.165) is 31.0 Å². The standard InChI is InChI=1S/C14H26N4S/c1-5-7-15-9-13-10-17-14(11-16-13)18(3)12(2)6-8-19-4/h10-12,15H,5-9H2,1-4H3. The molecule has 0 spiro atoms. The third-order valence-corrected chi connectivity index (χ3v) is 3.83. The van der Waals surface area contributed by atoms with E-state index in [1.165, 1.54) is 12.2 Å². The molecule has 0 aliphatic rings. The van der Waals surface area contributed by atoms with Gasteiger partial charge >= 0.3 is 0 Å². The van der Waals surface area contributed by atoms with Gasteiger partial charge in [-0.25, -0.2) is 4.98 Å². The van der Waals surface area contributed by atoms with Gasteiger partial charge in [-0.05, 0) is 38.3 Å². The highest BCUT2D eigenvalue weighted by atomic mass is 32.2. The summed E-state index contributed by atoms with van der Waals surface area (Å²) < 4.78 is 0. The van der Waals surface area contributed by atoms with Crippen molar-refractivity contribution in [2.24, 2.45) is 0 Å². The lowest BCUT2D eigenvalue weighted by Gasteiger charge is -2.25. The Morgan fingerprint density at radius 1 is 1.37 bits per heavy atom. The van der Waals surface area contributed by atoms with E-state index in [0.29, 0.717) is 6.04 Å². The first kappa shape index (κ1) is 16.2. The number of hydrogen-bond acceptors (Lipinski definition) is 5. The van der Waals surface area contributed by atoms with E-state index in [4.69, 9.17) is 0 Å². The van der Waals surface area contributed by atoms with Crippen molar-refractivity contribution in [2.75, 3.05) is 30.5 Å². The molecule has 1 N–H and O–H groups in total. The molecule has 19 heavy (non-hydrogen) atoms. The van der Waals surface area contributed by atoms with Crippen LogP contribution in [0, 0.1) is 0 Å². The summed E-state index contributed by atoms with van der Waals surface area (Å²) in [5, 5.41) is 3.33. The van der Waals surface area contributed by atoms with Gasteiger partial charge in [0, 0.05) is 19.6 Å². The maximum absolute atomic E-state index is 4.50. The molecule has 108 valence electrons. The van der Waals surface area contributed by atoms with Crippen molar-refractivity contribution in [3.05, 3.63) is 18.1 Å². The molecule has 4 nitrogen and oxygen atoms in total. The molecule has 0 amide bonds. The number of aromatic nitrogens is 2. The van der Waals surface area contributed by atoms with Crippen LogP contribution in [-0.2, 0) is 6.54 Å². The highest BCUT2D eigenvalue weighted by Crippen LogP contribution is 2.14. The molecule has 1 aromatic rings. The summed E-state index contributed by atoms with van der Waals surface area (Å²) in [6.07, 6.45) is 8.19. The normalized spacial score (nSPS) is 12.4. The molecule has 0 fully saturated rings. The molecule has 0 aromatic carbocycles. The first-order valence-electron chi connectivity index (χ1n) is 6.92. The zero-order chi connectivity index (χ0) is 14.1. The minimum atomic E-state index is 0.491. The summed E-state index contributed by atoms with van der Waals surface area (Å²) in [4.78, 5) is 11.2. The Balaban J connectivity index is 2.50. The fourth-order valence-electron chi connectivity index (χ4n) is 1.72. The van der Waals surface area contributed by atoms with Gasteiger partial charge in [-0.15, -0.1) is 0 Å². The summed E-state index contributed by atoms with van der Waals surface area (Å²) in [7, 11) is 2.09. The van der Waals surface area contributed by atoms with Crippen LogP contribution in [0.15, 0.2) is 12.4 Å². The zero-order valence-electron chi connectivity index (χ0n) is 12.5. The van der Waals surface area contributed by atoms with Gasteiger partial charge in [-0.3, -0.25) is 4.98 Å². The molecule has 0 aliphatic heterocycles. The minimum Gasteiger partial charge on any atom is -0.356 e. The fourth-order valence-corrected chi connectivity index (χ4v) is 2.30. The molecule has 0 bridgehead atoms. The van der Waals surface area contributed by atoms with Crippen LogP contribution in [0.25, 0.3) is 0 Å². The molecule has 1 rings (SSSR count). The Labute approximate surface area is 121 Å². The first-order chi connectivity index (χ1) is 9.19. The van der Waals surface area contributed by atoms with Crippen LogP contribution in [0.1, 0.15) is 32.4 Å². The number of thioether (sulfide) groups is 1. The third-order valence-electron chi connectivity index (χ3n) is 3.19. The molecule has 1 heterocycles. The third kappa shape index (κ3) is 5.78. The second-order valence-corrected chi connectivity index (χ2v) is 5.77. The second kappa shape index (κ2) is 9.15. The largest absolute Gasteiger partial charge is 0.356 e. The Kier molecular flexibility index (Phi) is 7.82. The van der Waals surface area contributed by atoms with Gasteiger partial charge in [0.05, 0.1) is 18.1 Å². The molecule has 1 unspecified atom stereocenters. The van der Waals surface area contributed by atoms with Crippen molar-refractivity contribution in [2.45, 2.75) is 39.3 Å². The van der Waals surface area contributed by atoms with Crippen molar-refractivity contribution in [3.63, 3.8) is 0 Å². The number of anilines is 1. The predicted octanol–water partition coefficient (Wildman–Crippen LogP) is 2.55. The van der Waals surface area contributed by atoms with Gasteiger partial charge in [0.15, 0.2) is 0 Å². The van der Waals surface area contributed by atoms with Crippen LogP contribution in [0.5, 0.6) is 0 Å². The van der Waals surface area contributed by atoms with E-state index in [1.807, 2.05) is 24.2 Å². The minimum absolute atomic E-state index is 0.491. The van der Waals surface area contributed by atoms with Crippen LogP contribution in [0.4, 0.5) is 5.82 Å². The Morgan fingerprint density at radius 3 is 2.74 bits per heavy atom. The van der Waals surface area contributed by atoms with E-state index in [2.05, 4.69) is 47.3 Å². The summed E-state index contributed by atoms with van der Waals surface area (Å²) in [5.41, 5.74) is 1.00. The van der Waals surface area contributed by atoms with Crippen LogP contribution in [0.3, 0.4) is 0 Å². The van der Waals surface area contributed by atoms with E-state index in [1.54, 1.807) is 0 Å². The van der Waals surface area contributed by atoms with Crippen molar-refractivity contribution in [1.29, 1.82) is 0 Å². The molecule has 0 saturated carbocycles. The van der Waals surface area contributed by atoms with E-state index >= 15 is 0 Å². The van der Waals surface area contributed by atoms with Crippen molar-refractivity contribution >= 4 is 17.6 Å². The van der Waals surface area contributed by atoms with Gasteiger partial charge in [0.2, 0.25) is 0 Å². The number of nitrogens with zero attached hydrogens (tertiary/aromatic N) is 3. The van der Waals surface area contributed by atoms with Gasteiger partial charge in [-0.2, -0.15) is 11.8 Å². The number of hydrogen-bond donors (Lipinski definition) is 1. The van der Waals surface area contributed by atoms with Crippen molar-refractivity contribution in [3.8, 4) is 0 Å². The Morgan fingerprint density at radius 2 is 2.16 bits per heavy atom. The topological polar surface area (TPSA) is 41.1 Å². The molecule has 5 heteroatoms. The van der Waals surface area contributed by atoms with Crippen LogP contribution in [0.2, 0.25) is 0 Å². The lowest BCUT2D eigenvalue weighted by molar-refractivity contribution is 0.649. The van der Waals surface area contributed by atoms with E-state index in [9.17, 15) is 0 Å². The van der Waals surface area contributed by atoms with E-state index < -0.39 is 0 Å². The maximum Gasteiger partial charge on any atom is 0.147 e. The fraction of sp³-hybridized carbons (Fsp3) is 0.714. The molecule has 0 aliphatic carbocycles. The average Bonchev–Trinajstić information content (AvgIpc) is 2.45. The molecule has 1 atom stereocenters. The lowest BCUT2D eigenvalue weighted by Crippen LogP contribution is -2.30. The maximum atomic E-state index is 4.50. The zero-order valence-corrected chi connectivity index (χ0v) is 13.3. The number of rotatable bonds is 9. The summed E-state index contributed by atoms with van der Waals surface area (Å²) >= 11 is 1.89. The quantitative estimate of drug-likeness (QED) is 0.705. The van der Waals surface area contributed by atoms with Gasteiger partial charge in [-0.1, -0.05) is 6.92 Å². The first-order valence-corrected chi connectivity index (χ1v) is 8.31. The summed E-state index contributed by atoms with van der Waals surface area (Å²) in [6, 6.07) is 0.491. The van der Waals surface area contributed by atoms with E-state index in [-0.39, 0.29) is 0 Å². The lowest BCUT2D eigenvalue weighted by atomic mass is 10.2. The van der Waals surface area contributed by atoms with Gasteiger partial charge in [0.1, 0.15) is 5.82 Å².